The third-order valence-corrected chi connectivity index (χ3v) is 2.98. The number of H-pyrrole nitrogens is 1. The summed E-state index contributed by atoms with van der Waals surface area (Å²) >= 11 is 1.79. The number of aromatic amines is 1. The second-order valence-electron chi connectivity index (χ2n) is 1.97. The lowest BCUT2D eigenvalue weighted by Gasteiger charge is -1.94. The number of aromatic nitrogens is 1. The van der Waals surface area contributed by atoms with Crippen molar-refractivity contribution < 1.29 is 8.42 Å². The van der Waals surface area contributed by atoms with Gasteiger partial charge in [0.25, 0.3) is 9.05 Å². The third-order valence-electron chi connectivity index (χ3n) is 1.07. The zero-order valence-electron chi connectivity index (χ0n) is 5.54. The Morgan fingerprint density at radius 2 is 2.00 bits per heavy atom. The van der Waals surface area contributed by atoms with Crippen LogP contribution in [0.15, 0.2) is 21.8 Å². The molecule has 0 radical (unpaired) electrons. The van der Waals surface area contributed by atoms with Gasteiger partial charge < -0.3 is 4.98 Å². The van der Waals surface area contributed by atoms with E-state index in [2.05, 4.69) is 4.98 Å². The van der Waals surface area contributed by atoms with Gasteiger partial charge in [0, 0.05) is 16.7 Å². The molecule has 0 aliphatic heterocycles. The number of rotatable bonds is 1. The fourth-order valence-corrected chi connectivity index (χ4v) is 2.21. The molecule has 1 N–H and O–H groups in total. The maximum atomic E-state index is 10.8. The molecule has 1 aromatic heterocycles. The standard InChI is InChI=1S/C5H3ClINO3S/c6-12(10,11)3-1-4(7)8-5(9)2-3/h1-2H,(H,8,9). The highest BCUT2D eigenvalue weighted by atomic mass is 127. The van der Waals surface area contributed by atoms with Gasteiger partial charge in [-0.3, -0.25) is 4.79 Å². The van der Waals surface area contributed by atoms with E-state index in [4.69, 9.17) is 10.7 Å². The average molecular weight is 320 g/mol. The number of nitrogens with one attached hydrogen (secondary N) is 1. The molecule has 0 aromatic carbocycles. The smallest absolute Gasteiger partial charge is 0.261 e. The van der Waals surface area contributed by atoms with Gasteiger partial charge in [0.15, 0.2) is 0 Å². The van der Waals surface area contributed by atoms with Crippen LogP contribution in [0.1, 0.15) is 0 Å². The summed E-state index contributed by atoms with van der Waals surface area (Å²) in [5, 5.41) is 0. The molecule has 0 aliphatic carbocycles. The predicted molar refractivity (Wildman–Crippen MR) is 52.8 cm³/mol. The number of hydrogen-bond acceptors (Lipinski definition) is 3. The molecule has 0 saturated carbocycles. The molecule has 0 bridgehead atoms. The Labute approximate surface area is 86.5 Å². The summed E-state index contributed by atoms with van der Waals surface area (Å²) in [6, 6.07) is 2.22. The van der Waals surface area contributed by atoms with E-state index < -0.39 is 14.6 Å². The normalized spacial score (nSPS) is 11.5. The van der Waals surface area contributed by atoms with Crippen LogP contribution in [0.5, 0.6) is 0 Å². The summed E-state index contributed by atoms with van der Waals surface area (Å²) in [4.78, 5) is 13.0. The minimum Gasteiger partial charge on any atom is -0.317 e. The van der Waals surface area contributed by atoms with Gasteiger partial charge in [-0.05, 0) is 28.7 Å². The molecule has 1 heterocycles. The van der Waals surface area contributed by atoms with Crippen LogP contribution in [0.2, 0.25) is 0 Å². The molecule has 0 aliphatic rings. The van der Waals surface area contributed by atoms with Crippen LogP contribution in [-0.4, -0.2) is 13.4 Å². The molecule has 1 rings (SSSR count). The quantitative estimate of drug-likeness (QED) is 0.475. The van der Waals surface area contributed by atoms with Crippen molar-refractivity contribution in [3.8, 4) is 0 Å². The van der Waals surface area contributed by atoms with Crippen molar-refractivity contribution in [2.24, 2.45) is 0 Å². The van der Waals surface area contributed by atoms with Crippen molar-refractivity contribution in [1.29, 1.82) is 0 Å². The molecule has 1 aromatic rings. The summed E-state index contributed by atoms with van der Waals surface area (Å²) < 4.78 is 21.9. The van der Waals surface area contributed by atoms with Crippen molar-refractivity contribution in [3.05, 3.63) is 26.2 Å². The summed E-state index contributed by atoms with van der Waals surface area (Å²) in [5.74, 6) is 0. The number of halogens is 2. The number of pyridine rings is 1. The molecule has 0 saturated heterocycles. The minimum atomic E-state index is -3.80. The van der Waals surface area contributed by atoms with Gasteiger partial charge in [-0.1, -0.05) is 0 Å². The van der Waals surface area contributed by atoms with Gasteiger partial charge in [0.1, 0.15) is 0 Å². The monoisotopic (exact) mass is 319 g/mol. The van der Waals surface area contributed by atoms with Gasteiger partial charge in [0.05, 0.1) is 8.60 Å². The van der Waals surface area contributed by atoms with Crippen molar-refractivity contribution in [2.75, 3.05) is 0 Å². The van der Waals surface area contributed by atoms with Crippen LogP contribution in [0.3, 0.4) is 0 Å². The Balaban J connectivity index is 3.48. The van der Waals surface area contributed by atoms with E-state index in [1.54, 1.807) is 22.6 Å². The Bertz CT molecular complexity index is 452. The first-order valence-corrected chi connectivity index (χ1v) is 6.13. The molecule has 66 valence electrons. The largest absolute Gasteiger partial charge is 0.317 e. The first-order valence-electron chi connectivity index (χ1n) is 2.74. The predicted octanol–water partition coefficient (Wildman–Crippen LogP) is 0.907. The zero-order valence-corrected chi connectivity index (χ0v) is 9.27. The third kappa shape index (κ3) is 2.46. The Kier molecular flexibility index (Phi) is 2.79. The first kappa shape index (κ1) is 10.0. The van der Waals surface area contributed by atoms with E-state index in [1.165, 1.54) is 6.07 Å². The molecule has 0 amide bonds. The molecule has 7 heteroatoms. The molecule has 12 heavy (non-hydrogen) atoms. The van der Waals surface area contributed by atoms with E-state index in [9.17, 15) is 13.2 Å². The average Bonchev–Trinajstić information content (AvgIpc) is 1.82. The van der Waals surface area contributed by atoms with Gasteiger partial charge >= 0.3 is 0 Å². The minimum absolute atomic E-state index is 0.183. The van der Waals surface area contributed by atoms with Crippen LogP contribution in [0.4, 0.5) is 0 Å². The Morgan fingerprint density at radius 1 is 1.42 bits per heavy atom. The highest BCUT2D eigenvalue weighted by Gasteiger charge is 2.10. The fourth-order valence-electron chi connectivity index (χ4n) is 0.626. The molecule has 0 spiro atoms. The van der Waals surface area contributed by atoms with Crippen molar-refractivity contribution in [2.45, 2.75) is 4.90 Å². The van der Waals surface area contributed by atoms with Gasteiger partial charge in [-0.25, -0.2) is 8.42 Å². The van der Waals surface area contributed by atoms with Crippen LogP contribution >= 0.6 is 33.3 Å². The molecule has 4 nitrogen and oxygen atoms in total. The SMILES string of the molecule is O=c1cc(S(=O)(=O)Cl)cc(I)[nH]1. The van der Waals surface area contributed by atoms with Crippen molar-refractivity contribution in [3.63, 3.8) is 0 Å². The van der Waals surface area contributed by atoms with E-state index in [0.717, 1.165) is 6.07 Å². The second-order valence-corrected chi connectivity index (χ2v) is 5.69. The van der Waals surface area contributed by atoms with Crippen LogP contribution in [-0.2, 0) is 9.05 Å². The van der Waals surface area contributed by atoms with Crippen LogP contribution in [0.25, 0.3) is 0 Å². The van der Waals surface area contributed by atoms with Gasteiger partial charge in [0.2, 0.25) is 5.56 Å². The van der Waals surface area contributed by atoms with Crippen molar-refractivity contribution >= 4 is 42.3 Å². The van der Waals surface area contributed by atoms with E-state index in [-0.39, 0.29) is 4.90 Å². The van der Waals surface area contributed by atoms with Gasteiger partial charge in [-0.2, -0.15) is 0 Å². The van der Waals surface area contributed by atoms with Crippen LogP contribution in [0, 0.1) is 3.70 Å². The molecule has 0 unspecified atom stereocenters. The van der Waals surface area contributed by atoms with E-state index >= 15 is 0 Å². The lowest BCUT2D eigenvalue weighted by molar-refractivity contribution is 0.609. The topological polar surface area (TPSA) is 67.0 Å². The maximum absolute atomic E-state index is 10.8. The molecular formula is C5H3ClINO3S. The second kappa shape index (κ2) is 3.35. The Morgan fingerprint density at radius 3 is 2.42 bits per heavy atom. The van der Waals surface area contributed by atoms with E-state index in [1.807, 2.05) is 0 Å². The molecule has 0 atom stereocenters. The highest BCUT2D eigenvalue weighted by Crippen LogP contribution is 2.13. The highest BCUT2D eigenvalue weighted by molar-refractivity contribution is 14.1. The zero-order chi connectivity index (χ0) is 9.35. The fraction of sp³-hybridized carbons (Fsp3) is 0. The van der Waals surface area contributed by atoms with E-state index in [0.29, 0.717) is 3.70 Å². The Hall–Kier alpha value is -0.0800. The molecular weight excluding hydrogens is 316 g/mol. The number of hydrogen-bond donors (Lipinski definition) is 1. The summed E-state index contributed by atoms with van der Waals surface area (Å²) in [6.07, 6.45) is 0. The van der Waals surface area contributed by atoms with Crippen molar-refractivity contribution in [1.82, 2.24) is 4.98 Å². The van der Waals surface area contributed by atoms with Crippen LogP contribution < -0.4 is 5.56 Å². The lowest BCUT2D eigenvalue weighted by atomic mass is 10.5. The molecule has 0 fully saturated rings. The summed E-state index contributed by atoms with van der Waals surface area (Å²) in [6.45, 7) is 0. The lowest BCUT2D eigenvalue weighted by Crippen LogP contribution is -2.08. The van der Waals surface area contributed by atoms with Gasteiger partial charge in [-0.15, -0.1) is 0 Å². The summed E-state index contributed by atoms with van der Waals surface area (Å²) in [5.41, 5.74) is -0.485. The summed E-state index contributed by atoms with van der Waals surface area (Å²) in [7, 11) is 1.22. The first-order chi connectivity index (χ1) is 5.39. The maximum Gasteiger partial charge on any atom is 0.261 e.